The van der Waals surface area contributed by atoms with Gasteiger partial charge in [0.2, 0.25) is 0 Å². The van der Waals surface area contributed by atoms with Crippen molar-refractivity contribution >= 4 is 0 Å². The Labute approximate surface area is 105 Å². The second-order valence-electron chi connectivity index (χ2n) is 3.88. The molecule has 3 nitrogen and oxygen atoms in total. The van der Waals surface area contributed by atoms with Crippen LogP contribution in [0, 0.1) is 22.7 Å². The van der Waals surface area contributed by atoms with Crippen molar-refractivity contribution in [2.45, 2.75) is 5.60 Å². The summed E-state index contributed by atoms with van der Waals surface area (Å²) in [5.74, 6) is 0. The van der Waals surface area contributed by atoms with E-state index >= 15 is 0 Å². The predicted molar refractivity (Wildman–Crippen MR) is 67.0 cm³/mol. The van der Waals surface area contributed by atoms with E-state index in [4.69, 9.17) is 10.5 Å². The molecular weight excluding hydrogens is 224 g/mol. The van der Waals surface area contributed by atoms with Crippen LogP contribution in [0.4, 0.5) is 0 Å². The van der Waals surface area contributed by atoms with E-state index in [1.165, 1.54) is 0 Å². The molecule has 0 saturated carbocycles. The van der Waals surface area contributed by atoms with E-state index in [-0.39, 0.29) is 5.56 Å². The Morgan fingerprint density at radius 1 is 0.778 bits per heavy atom. The summed E-state index contributed by atoms with van der Waals surface area (Å²) in [5, 5.41) is 27.3. The van der Waals surface area contributed by atoms with Gasteiger partial charge in [-0.3, -0.25) is 0 Å². The molecule has 0 fully saturated rings. The second-order valence-corrected chi connectivity index (χ2v) is 3.88. The van der Waals surface area contributed by atoms with Crippen LogP contribution < -0.4 is 0 Å². The highest BCUT2D eigenvalue weighted by Gasteiger charge is 2.28. The fraction of sp³-hybridized carbons (Fsp3) is 0.0667. The van der Waals surface area contributed by atoms with Crippen LogP contribution in [0.15, 0.2) is 54.6 Å². The topological polar surface area (TPSA) is 67.8 Å². The summed E-state index contributed by atoms with van der Waals surface area (Å²) in [5.41, 5.74) is 0.223. The molecule has 1 N–H and O–H groups in total. The molecule has 0 aliphatic carbocycles. The van der Waals surface area contributed by atoms with E-state index < -0.39 is 5.60 Å². The SMILES string of the molecule is N#CC(O)(C#N)c1ccc(-c2ccccc2)cc1. The van der Waals surface area contributed by atoms with Crippen LogP contribution in [0.2, 0.25) is 0 Å². The Hall–Kier alpha value is -2.62. The van der Waals surface area contributed by atoms with Crippen molar-refractivity contribution in [2.24, 2.45) is 0 Å². The average Bonchev–Trinajstić information content (AvgIpc) is 2.47. The molecule has 0 aromatic heterocycles. The molecule has 0 saturated heterocycles. The van der Waals surface area contributed by atoms with Crippen LogP contribution in [0.5, 0.6) is 0 Å². The van der Waals surface area contributed by atoms with Crippen molar-refractivity contribution in [3.05, 3.63) is 60.2 Å². The van der Waals surface area contributed by atoms with Crippen molar-refractivity contribution in [1.82, 2.24) is 0 Å². The Morgan fingerprint density at radius 2 is 1.28 bits per heavy atom. The minimum atomic E-state index is -2.07. The number of nitriles is 2. The molecule has 0 bridgehead atoms. The van der Waals surface area contributed by atoms with Gasteiger partial charge in [-0.1, -0.05) is 54.6 Å². The predicted octanol–water partition coefficient (Wildman–Crippen LogP) is 2.59. The van der Waals surface area contributed by atoms with Crippen LogP contribution in [-0.2, 0) is 5.60 Å². The summed E-state index contributed by atoms with van der Waals surface area (Å²) in [6, 6.07) is 19.7. The van der Waals surface area contributed by atoms with Crippen molar-refractivity contribution in [2.75, 3.05) is 0 Å². The highest BCUT2D eigenvalue weighted by atomic mass is 16.3. The zero-order valence-corrected chi connectivity index (χ0v) is 9.54. The first kappa shape index (κ1) is 11.9. The molecule has 18 heavy (non-hydrogen) atoms. The van der Waals surface area contributed by atoms with Gasteiger partial charge in [0.05, 0.1) is 0 Å². The molecule has 0 heterocycles. The van der Waals surface area contributed by atoms with Crippen LogP contribution in [0.25, 0.3) is 11.1 Å². The molecular formula is C15H10N2O. The van der Waals surface area contributed by atoms with Crippen molar-refractivity contribution in [3.8, 4) is 23.3 Å². The Balaban J connectivity index is 2.39. The molecule has 2 rings (SSSR count). The molecule has 0 amide bonds. The summed E-state index contributed by atoms with van der Waals surface area (Å²) in [6.07, 6.45) is 0. The van der Waals surface area contributed by atoms with Gasteiger partial charge in [-0.15, -0.1) is 0 Å². The van der Waals surface area contributed by atoms with Gasteiger partial charge in [-0.2, -0.15) is 10.5 Å². The second kappa shape index (κ2) is 4.71. The van der Waals surface area contributed by atoms with Crippen LogP contribution in [0.1, 0.15) is 5.56 Å². The van der Waals surface area contributed by atoms with Crippen molar-refractivity contribution in [1.29, 1.82) is 10.5 Å². The Kier molecular flexibility index (Phi) is 3.10. The summed E-state index contributed by atoms with van der Waals surface area (Å²) >= 11 is 0. The van der Waals surface area contributed by atoms with E-state index in [9.17, 15) is 5.11 Å². The molecule has 86 valence electrons. The normalized spacial score (nSPS) is 10.4. The number of aliphatic hydroxyl groups is 1. The van der Waals surface area contributed by atoms with Gasteiger partial charge in [0.15, 0.2) is 0 Å². The smallest absolute Gasteiger partial charge is 0.264 e. The van der Waals surface area contributed by atoms with Crippen LogP contribution >= 0.6 is 0 Å². The van der Waals surface area contributed by atoms with Gasteiger partial charge < -0.3 is 5.11 Å². The molecule has 3 heteroatoms. The monoisotopic (exact) mass is 234 g/mol. The standard InChI is InChI=1S/C15H10N2O/c16-10-15(18,11-17)14-8-6-13(7-9-14)12-4-2-1-3-5-12/h1-9,18H. The largest absolute Gasteiger partial charge is 0.360 e. The Bertz CT molecular complexity index is 604. The van der Waals surface area contributed by atoms with E-state index in [0.29, 0.717) is 0 Å². The number of nitrogens with zero attached hydrogens (tertiary/aromatic N) is 2. The number of hydrogen-bond acceptors (Lipinski definition) is 3. The fourth-order valence-corrected chi connectivity index (χ4v) is 1.69. The van der Waals surface area contributed by atoms with Gasteiger partial charge in [-0.25, -0.2) is 0 Å². The maximum atomic E-state index is 9.74. The molecule has 0 aliphatic rings. The molecule has 0 unspecified atom stereocenters. The summed E-state index contributed by atoms with van der Waals surface area (Å²) < 4.78 is 0. The zero-order valence-electron chi connectivity index (χ0n) is 9.54. The zero-order chi connectivity index (χ0) is 13.0. The lowest BCUT2D eigenvalue weighted by Gasteiger charge is -2.11. The van der Waals surface area contributed by atoms with Gasteiger partial charge in [-0.05, 0) is 11.1 Å². The lowest BCUT2D eigenvalue weighted by Crippen LogP contribution is -2.20. The van der Waals surface area contributed by atoms with Crippen LogP contribution in [-0.4, -0.2) is 5.11 Å². The van der Waals surface area contributed by atoms with Gasteiger partial charge in [0, 0.05) is 5.56 Å². The molecule has 0 radical (unpaired) electrons. The van der Waals surface area contributed by atoms with E-state index in [2.05, 4.69) is 0 Å². The minimum Gasteiger partial charge on any atom is -0.360 e. The maximum Gasteiger partial charge on any atom is 0.264 e. The van der Waals surface area contributed by atoms with E-state index in [0.717, 1.165) is 11.1 Å². The highest BCUT2D eigenvalue weighted by molar-refractivity contribution is 5.64. The fourth-order valence-electron chi connectivity index (χ4n) is 1.69. The average molecular weight is 234 g/mol. The number of hydrogen-bond donors (Lipinski definition) is 1. The summed E-state index contributed by atoms with van der Waals surface area (Å²) in [7, 11) is 0. The highest BCUT2D eigenvalue weighted by Crippen LogP contribution is 2.24. The summed E-state index contributed by atoms with van der Waals surface area (Å²) in [4.78, 5) is 0. The third-order valence-corrected chi connectivity index (χ3v) is 2.73. The first-order chi connectivity index (χ1) is 8.69. The summed E-state index contributed by atoms with van der Waals surface area (Å²) in [6.45, 7) is 0. The third kappa shape index (κ3) is 2.08. The molecule has 2 aromatic rings. The minimum absolute atomic E-state index is 0.284. The van der Waals surface area contributed by atoms with E-state index in [1.807, 2.05) is 30.3 Å². The van der Waals surface area contributed by atoms with Gasteiger partial charge >= 0.3 is 0 Å². The number of benzene rings is 2. The molecule has 0 spiro atoms. The van der Waals surface area contributed by atoms with Gasteiger partial charge in [0.25, 0.3) is 5.60 Å². The first-order valence-corrected chi connectivity index (χ1v) is 5.40. The van der Waals surface area contributed by atoms with Gasteiger partial charge in [0.1, 0.15) is 12.1 Å². The molecule has 2 aromatic carbocycles. The lowest BCUT2D eigenvalue weighted by molar-refractivity contribution is 0.159. The molecule has 0 aliphatic heterocycles. The molecule has 0 atom stereocenters. The first-order valence-electron chi connectivity index (χ1n) is 5.40. The van der Waals surface area contributed by atoms with Crippen molar-refractivity contribution < 1.29 is 5.11 Å². The van der Waals surface area contributed by atoms with E-state index in [1.54, 1.807) is 36.4 Å². The Morgan fingerprint density at radius 3 is 1.78 bits per heavy atom. The third-order valence-electron chi connectivity index (χ3n) is 2.73. The van der Waals surface area contributed by atoms with Crippen LogP contribution in [0.3, 0.4) is 0 Å². The number of rotatable bonds is 2. The van der Waals surface area contributed by atoms with Crippen molar-refractivity contribution in [3.63, 3.8) is 0 Å². The maximum absolute atomic E-state index is 9.74. The quantitative estimate of drug-likeness (QED) is 0.812. The lowest BCUT2D eigenvalue weighted by atomic mass is 9.95.